The van der Waals surface area contributed by atoms with E-state index < -0.39 is 0 Å². The fraction of sp³-hybridized carbons (Fsp3) is 0.353. The maximum absolute atomic E-state index is 12.5. The van der Waals surface area contributed by atoms with Crippen LogP contribution < -0.4 is 10.2 Å². The van der Waals surface area contributed by atoms with Crippen molar-refractivity contribution in [2.24, 2.45) is 0 Å². The van der Waals surface area contributed by atoms with Gasteiger partial charge < -0.3 is 19.2 Å². The van der Waals surface area contributed by atoms with Crippen LogP contribution in [0.15, 0.2) is 21.1 Å². The summed E-state index contributed by atoms with van der Waals surface area (Å²) >= 11 is 0. The van der Waals surface area contributed by atoms with Crippen LogP contribution in [0.2, 0.25) is 0 Å². The molecule has 7 heteroatoms. The molecule has 3 aromatic rings. The van der Waals surface area contributed by atoms with Crippen molar-refractivity contribution in [3.05, 3.63) is 40.5 Å². The minimum absolute atomic E-state index is 0.147. The number of benzene rings is 1. The predicted molar refractivity (Wildman–Crippen MR) is 90.2 cm³/mol. The number of anilines is 1. The number of carbonyl (C=O) groups is 1. The smallest absolute Gasteiger partial charge is 0.287 e. The van der Waals surface area contributed by atoms with Crippen molar-refractivity contribution in [3.63, 3.8) is 0 Å². The summed E-state index contributed by atoms with van der Waals surface area (Å²) < 4.78 is 10.9. The molecule has 0 aliphatic rings. The van der Waals surface area contributed by atoms with E-state index in [-0.39, 0.29) is 12.5 Å². The number of fused-ring (bicyclic) bond motifs is 1. The van der Waals surface area contributed by atoms with Crippen LogP contribution in [0.4, 0.5) is 5.95 Å². The molecule has 7 nitrogen and oxygen atoms in total. The minimum Gasteiger partial charge on any atom is -0.450 e. The second-order valence-corrected chi connectivity index (χ2v) is 6.02. The van der Waals surface area contributed by atoms with Gasteiger partial charge in [0.05, 0.1) is 6.54 Å². The number of hydrogen-bond donors (Lipinski definition) is 1. The molecule has 0 aliphatic heterocycles. The zero-order valence-corrected chi connectivity index (χ0v) is 14.4. The number of carbonyl (C=O) groups excluding carboxylic acids is 1. The summed E-state index contributed by atoms with van der Waals surface area (Å²) in [5, 5.41) is 7.56. The molecule has 0 atom stereocenters. The molecule has 2 aromatic heterocycles. The third-order valence-electron chi connectivity index (χ3n) is 3.95. The van der Waals surface area contributed by atoms with Gasteiger partial charge in [0.2, 0.25) is 5.89 Å². The highest BCUT2D eigenvalue weighted by Crippen LogP contribution is 2.30. The van der Waals surface area contributed by atoms with Gasteiger partial charge in [0.15, 0.2) is 5.76 Å². The number of aryl methyl sites for hydroxylation is 3. The first kappa shape index (κ1) is 16.0. The number of hydrogen-bond acceptors (Lipinski definition) is 6. The molecular weight excluding hydrogens is 308 g/mol. The van der Waals surface area contributed by atoms with E-state index in [1.807, 2.05) is 47.0 Å². The molecule has 0 bridgehead atoms. The van der Waals surface area contributed by atoms with E-state index in [0.717, 1.165) is 27.7 Å². The lowest BCUT2D eigenvalue weighted by Gasteiger charge is -2.02. The third kappa shape index (κ3) is 2.73. The van der Waals surface area contributed by atoms with E-state index in [0.29, 0.717) is 17.6 Å². The van der Waals surface area contributed by atoms with Crippen LogP contribution in [-0.4, -0.2) is 30.1 Å². The Hall–Kier alpha value is -2.83. The van der Waals surface area contributed by atoms with Gasteiger partial charge in [-0.05, 0) is 37.1 Å². The number of furan rings is 1. The highest BCUT2D eigenvalue weighted by atomic mass is 16.5. The second kappa shape index (κ2) is 5.99. The van der Waals surface area contributed by atoms with Crippen molar-refractivity contribution >= 4 is 22.8 Å². The predicted octanol–water partition coefficient (Wildman–Crippen LogP) is 2.74. The van der Waals surface area contributed by atoms with Crippen molar-refractivity contribution < 1.29 is 13.7 Å². The number of nitrogens with zero attached hydrogens (tertiary/aromatic N) is 3. The van der Waals surface area contributed by atoms with Crippen molar-refractivity contribution in [1.82, 2.24) is 15.5 Å². The Kier molecular flexibility index (Phi) is 4.01. The summed E-state index contributed by atoms with van der Waals surface area (Å²) in [6.07, 6.45) is 0. The number of rotatable bonds is 4. The lowest BCUT2D eigenvalue weighted by atomic mass is 10.0. The molecule has 0 aliphatic carbocycles. The van der Waals surface area contributed by atoms with Crippen molar-refractivity contribution in [2.45, 2.75) is 27.3 Å². The highest BCUT2D eigenvalue weighted by Gasteiger charge is 2.20. The van der Waals surface area contributed by atoms with Crippen LogP contribution in [0, 0.1) is 20.8 Å². The average Bonchev–Trinajstić information content (AvgIpc) is 3.14. The molecule has 0 fully saturated rings. The molecule has 0 radical (unpaired) electrons. The Morgan fingerprint density at radius 2 is 1.92 bits per heavy atom. The lowest BCUT2D eigenvalue weighted by Crippen LogP contribution is -2.23. The van der Waals surface area contributed by atoms with Crippen molar-refractivity contribution in [1.29, 1.82) is 0 Å². The molecule has 0 unspecified atom stereocenters. The standard InChI is InChI=1S/C17H20N4O3/c1-9-6-7-10(2)14-13(9)11(3)15(23-14)16(22)18-8-12-19-17(20-24-12)21(4)5/h6-7H,8H2,1-5H3,(H,18,22). The number of aromatic nitrogens is 2. The first-order chi connectivity index (χ1) is 11.4. The van der Waals surface area contributed by atoms with Crippen LogP contribution in [0.25, 0.3) is 11.0 Å². The fourth-order valence-corrected chi connectivity index (χ4v) is 2.63. The maximum atomic E-state index is 12.5. The van der Waals surface area contributed by atoms with E-state index in [1.165, 1.54) is 0 Å². The van der Waals surface area contributed by atoms with Crippen molar-refractivity contribution in [2.75, 3.05) is 19.0 Å². The SMILES string of the molecule is Cc1ccc(C)c2c(C)c(C(=O)NCc3nc(N(C)C)no3)oc12. The van der Waals surface area contributed by atoms with Crippen LogP contribution in [-0.2, 0) is 6.54 Å². The quantitative estimate of drug-likeness (QED) is 0.793. The Morgan fingerprint density at radius 1 is 1.21 bits per heavy atom. The summed E-state index contributed by atoms with van der Waals surface area (Å²) in [7, 11) is 3.63. The van der Waals surface area contributed by atoms with E-state index in [4.69, 9.17) is 8.94 Å². The molecule has 1 amide bonds. The monoisotopic (exact) mass is 328 g/mol. The van der Waals surface area contributed by atoms with Crippen molar-refractivity contribution in [3.8, 4) is 0 Å². The highest BCUT2D eigenvalue weighted by molar-refractivity contribution is 6.00. The van der Waals surface area contributed by atoms with Gasteiger partial charge in [0.25, 0.3) is 11.9 Å². The van der Waals surface area contributed by atoms with E-state index in [9.17, 15) is 4.79 Å². The Morgan fingerprint density at radius 3 is 2.54 bits per heavy atom. The summed E-state index contributed by atoms with van der Waals surface area (Å²) in [5.41, 5.74) is 3.68. The van der Waals surface area contributed by atoms with Gasteiger partial charge in [-0.1, -0.05) is 12.1 Å². The maximum Gasteiger partial charge on any atom is 0.287 e. The van der Waals surface area contributed by atoms with Gasteiger partial charge in [-0.15, -0.1) is 0 Å². The van der Waals surface area contributed by atoms with E-state index in [2.05, 4.69) is 15.5 Å². The minimum atomic E-state index is -0.299. The van der Waals surface area contributed by atoms with Crippen LogP contribution in [0.5, 0.6) is 0 Å². The lowest BCUT2D eigenvalue weighted by molar-refractivity contribution is 0.0920. The largest absolute Gasteiger partial charge is 0.450 e. The molecule has 1 N–H and O–H groups in total. The molecule has 24 heavy (non-hydrogen) atoms. The van der Waals surface area contributed by atoms with Crippen LogP contribution >= 0.6 is 0 Å². The Labute approximate surface area is 139 Å². The fourth-order valence-electron chi connectivity index (χ4n) is 2.63. The summed E-state index contributed by atoms with van der Waals surface area (Å²) in [4.78, 5) is 18.4. The summed E-state index contributed by atoms with van der Waals surface area (Å²) in [6.45, 7) is 6.01. The first-order valence-corrected chi connectivity index (χ1v) is 7.66. The molecular formula is C17H20N4O3. The van der Waals surface area contributed by atoms with E-state index in [1.54, 1.807) is 4.90 Å². The van der Waals surface area contributed by atoms with Gasteiger partial charge in [0, 0.05) is 25.0 Å². The normalized spacial score (nSPS) is 11.0. The summed E-state index contributed by atoms with van der Waals surface area (Å²) in [5.74, 6) is 0.820. The molecule has 0 saturated carbocycles. The molecule has 0 saturated heterocycles. The molecule has 1 aromatic carbocycles. The second-order valence-electron chi connectivity index (χ2n) is 6.02. The van der Waals surface area contributed by atoms with Crippen LogP contribution in [0.3, 0.4) is 0 Å². The Bertz CT molecular complexity index is 908. The summed E-state index contributed by atoms with van der Waals surface area (Å²) in [6, 6.07) is 4.02. The first-order valence-electron chi connectivity index (χ1n) is 7.66. The molecule has 2 heterocycles. The third-order valence-corrected chi connectivity index (χ3v) is 3.95. The zero-order valence-electron chi connectivity index (χ0n) is 14.4. The van der Waals surface area contributed by atoms with Gasteiger partial charge in [-0.25, -0.2) is 0 Å². The van der Waals surface area contributed by atoms with Gasteiger partial charge in [-0.2, -0.15) is 4.98 Å². The molecule has 126 valence electrons. The molecule has 0 spiro atoms. The van der Waals surface area contributed by atoms with Gasteiger partial charge >= 0.3 is 0 Å². The topological polar surface area (TPSA) is 84.4 Å². The Balaban J connectivity index is 1.82. The number of nitrogens with one attached hydrogen (secondary N) is 1. The van der Waals surface area contributed by atoms with E-state index >= 15 is 0 Å². The average molecular weight is 328 g/mol. The van der Waals surface area contributed by atoms with Crippen LogP contribution in [0.1, 0.15) is 33.1 Å². The van der Waals surface area contributed by atoms with Gasteiger partial charge in [0.1, 0.15) is 5.58 Å². The molecule has 3 rings (SSSR count). The zero-order chi connectivity index (χ0) is 17.4. The number of amides is 1. The van der Waals surface area contributed by atoms with Gasteiger partial charge in [-0.3, -0.25) is 4.79 Å².